The second-order valence-corrected chi connectivity index (χ2v) is 7.57. The molecule has 0 bridgehead atoms. The average Bonchev–Trinajstić information content (AvgIpc) is 2.52. The molecule has 1 N–H and O–H groups in total. The number of sulfonamides is 1. The maximum absolute atomic E-state index is 12.4. The van der Waals surface area contributed by atoms with Crippen LogP contribution in [0.25, 0.3) is 6.08 Å². The molecule has 0 fully saturated rings. The first-order valence-electron chi connectivity index (χ1n) is 7.87. The van der Waals surface area contributed by atoms with Gasteiger partial charge in [0.1, 0.15) is 0 Å². The van der Waals surface area contributed by atoms with Crippen LogP contribution in [0.1, 0.15) is 33.3 Å². The molecule has 0 radical (unpaired) electrons. The number of hydrogen-bond acceptors (Lipinski definition) is 3. The molecule has 0 spiro atoms. The van der Waals surface area contributed by atoms with E-state index in [-0.39, 0.29) is 10.8 Å². The lowest BCUT2D eigenvalue weighted by Gasteiger charge is -2.18. The molecule has 0 atom stereocenters. The SMILES string of the molecule is CCN(CC)S(=O)(=O)c1ccc(C=CC(=O)NCC(C)C)cc1. The molecule has 0 aliphatic rings. The van der Waals surface area contributed by atoms with Gasteiger partial charge in [0.05, 0.1) is 4.90 Å². The predicted molar refractivity (Wildman–Crippen MR) is 93.4 cm³/mol. The second-order valence-electron chi connectivity index (χ2n) is 5.63. The first kappa shape index (κ1) is 19.4. The fourth-order valence-corrected chi connectivity index (χ4v) is 3.46. The summed E-state index contributed by atoms with van der Waals surface area (Å²) in [5, 5.41) is 2.79. The van der Waals surface area contributed by atoms with Gasteiger partial charge in [0.25, 0.3) is 0 Å². The van der Waals surface area contributed by atoms with E-state index in [0.29, 0.717) is 25.6 Å². The summed E-state index contributed by atoms with van der Waals surface area (Å²) in [6.45, 7) is 9.19. The van der Waals surface area contributed by atoms with Crippen LogP contribution in [0.2, 0.25) is 0 Å². The van der Waals surface area contributed by atoms with Gasteiger partial charge < -0.3 is 5.32 Å². The zero-order valence-electron chi connectivity index (χ0n) is 14.2. The monoisotopic (exact) mass is 338 g/mol. The first-order valence-corrected chi connectivity index (χ1v) is 9.31. The highest BCUT2D eigenvalue weighted by molar-refractivity contribution is 7.89. The number of benzene rings is 1. The Hall–Kier alpha value is -1.66. The zero-order chi connectivity index (χ0) is 17.5. The smallest absolute Gasteiger partial charge is 0.244 e. The maximum Gasteiger partial charge on any atom is 0.244 e. The van der Waals surface area contributed by atoms with E-state index in [9.17, 15) is 13.2 Å². The van der Waals surface area contributed by atoms with Crippen LogP contribution in [-0.4, -0.2) is 38.3 Å². The third-order valence-electron chi connectivity index (χ3n) is 3.33. The minimum atomic E-state index is -3.44. The summed E-state index contributed by atoms with van der Waals surface area (Å²) < 4.78 is 26.1. The molecule has 0 aliphatic heterocycles. The second kappa shape index (κ2) is 8.84. The van der Waals surface area contributed by atoms with Crippen molar-refractivity contribution in [3.05, 3.63) is 35.9 Å². The van der Waals surface area contributed by atoms with Crippen LogP contribution >= 0.6 is 0 Å². The Labute approximate surface area is 139 Å². The topological polar surface area (TPSA) is 66.5 Å². The first-order chi connectivity index (χ1) is 10.8. The number of nitrogens with one attached hydrogen (secondary N) is 1. The van der Waals surface area contributed by atoms with Gasteiger partial charge in [-0.25, -0.2) is 8.42 Å². The number of carbonyl (C=O) groups is 1. The Bertz CT molecular complexity index is 630. The highest BCUT2D eigenvalue weighted by Crippen LogP contribution is 2.16. The van der Waals surface area contributed by atoms with Crippen LogP contribution in [0, 0.1) is 5.92 Å². The van der Waals surface area contributed by atoms with E-state index < -0.39 is 10.0 Å². The number of carbonyl (C=O) groups excluding carboxylic acids is 1. The molecule has 0 unspecified atom stereocenters. The van der Waals surface area contributed by atoms with E-state index in [1.807, 2.05) is 27.7 Å². The number of nitrogens with zero attached hydrogens (tertiary/aromatic N) is 1. The van der Waals surface area contributed by atoms with Crippen molar-refractivity contribution in [2.45, 2.75) is 32.6 Å². The third-order valence-corrected chi connectivity index (χ3v) is 5.40. The van der Waals surface area contributed by atoms with Gasteiger partial charge in [-0.15, -0.1) is 0 Å². The molecule has 128 valence electrons. The van der Waals surface area contributed by atoms with Gasteiger partial charge in [-0.3, -0.25) is 4.79 Å². The highest BCUT2D eigenvalue weighted by Gasteiger charge is 2.20. The van der Waals surface area contributed by atoms with E-state index >= 15 is 0 Å². The minimum Gasteiger partial charge on any atom is -0.352 e. The van der Waals surface area contributed by atoms with Gasteiger partial charge in [-0.2, -0.15) is 4.31 Å². The lowest BCUT2D eigenvalue weighted by atomic mass is 10.2. The fraction of sp³-hybridized carbons (Fsp3) is 0.471. The van der Waals surface area contributed by atoms with Crippen LogP contribution in [0.5, 0.6) is 0 Å². The number of rotatable bonds is 8. The van der Waals surface area contributed by atoms with Gasteiger partial charge in [-0.1, -0.05) is 39.8 Å². The van der Waals surface area contributed by atoms with Crippen molar-refractivity contribution in [1.82, 2.24) is 9.62 Å². The fourth-order valence-electron chi connectivity index (χ4n) is 2.00. The summed E-state index contributed by atoms with van der Waals surface area (Å²) in [6.07, 6.45) is 3.12. The molecule has 5 nitrogen and oxygen atoms in total. The average molecular weight is 338 g/mol. The van der Waals surface area contributed by atoms with Crippen LogP contribution in [0.4, 0.5) is 0 Å². The Morgan fingerprint density at radius 1 is 1.17 bits per heavy atom. The van der Waals surface area contributed by atoms with E-state index in [1.165, 1.54) is 10.4 Å². The van der Waals surface area contributed by atoms with E-state index in [0.717, 1.165) is 5.56 Å². The molecule has 0 saturated heterocycles. The summed E-state index contributed by atoms with van der Waals surface area (Å²) in [5.74, 6) is 0.246. The standard InChI is InChI=1S/C17H26N2O3S/c1-5-19(6-2)23(21,22)16-10-7-15(8-11-16)9-12-17(20)18-13-14(3)4/h7-12,14H,5-6,13H2,1-4H3,(H,18,20). The van der Waals surface area contributed by atoms with Crippen LogP contribution in [0.15, 0.2) is 35.2 Å². The van der Waals surface area contributed by atoms with Crippen molar-refractivity contribution in [3.63, 3.8) is 0 Å². The number of amides is 1. The van der Waals surface area contributed by atoms with Crippen molar-refractivity contribution in [3.8, 4) is 0 Å². The Kier molecular flexibility index (Phi) is 7.45. The van der Waals surface area contributed by atoms with Crippen LogP contribution in [-0.2, 0) is 14.8 Å². The Balaban J connectivity index is 2.79. The van der Waals surface area contributed by atoms with Crippen molar-refractivity contribution in [2.75, 3.05) is 19.6 Å². The lowest BCUT2D eigenvalue weighted by molar-refractivity contribution is -0.116. The van der Waals surface area contributed by atoms with Gasteiger partial charge in [0, 0.05) is 25.7 Å². The molecule has 0 aromatic heterocycles. The normalized spacial score (nSPS) is 12.3. The van der Waals surface area contributed by atoms with Gasteiger partial charge in [-0.05, 0) is 29.7 Å². The lowest BCUT2D eigenvalue weighted by Crippen LogP contribution is -2.30. The van der Waals surface area contributed by atoms with Crippen molar-refractivity contribution in [2.24, 2.45) is 5.92 Å². The molecule has 0 aliphatic carbocycles. The molecule has 23 heavy (non-hydrogen) atoms. The summed E-state index contributed by atoms with van der Waals surface area (Å²) >= 11 is 0. The number of hydrogen-bond donors (Lipinski definition) is 1. The highest BCUT2D eigenvalue weighted by atomic mass is 32.2. The zero-order valence-corrected chi connectivity index (χ0v) is 15.1. The van der Waals surface area contributed by atoms with Crippen LogP contribution < -0.4 is 5.32 Å². The molecule has 0 saturated carbocycles. The molecule has 6 heteroatoms. The van der Waals surface area contributed by atoms with E-state index in [1.54, 1.807) is 30.3 Å². The Morgan fingerprint density at radius 2 is 1.74 bits per heavy atom. The maximum atomic E-state index is 12.4. The van der Waals surface area contributed by atoms with Crippen molar-refractivity contribution >= 4 is 22.0 Å². The molecule has 0 heterocycles. The van der Waals surface area contributed by atoms with Crippen molar-refractivity contribution in [1.29, 1.82) is 0 Å². The molecule has 1 aromatic rings. The predicted octanol–water partition coefficient (Wildman–Crippen LogP) is 2.50. The van der Waals surface area contributed by atoms with Gasteiger partial charge in [0.2, 0.25) is 15.9 Å². The van der Waals surface area contributed by atoms with Gasteiger partial charge in [0.15, 0.2) is 0 Å². The molecule has 1 aromatic carbocycles. The molecule has 1 rings (SSSR count). The summed E-state index contributed by atoms with van der Waals surface area (Å²) in [6, 6.07) is 6.53. The molecule has 1 amide bonds. The third kappa shape index (κ3) is 5.80. The van der Waals surface area contributed by atoms with Gasteiger partial charge >= 0.3 is 0 Å². The summed E-state index contributed by atoms with van der Waals surface area (Å²) in [4.78, 5) is 11.9. The molecular weight excluding hydrogens is 312 g/mol. The minimum absolute atomic E-state index is 0.154. The summed E-state index contributed by atoms with van der Waals surface area (Å²) in [7, 11) is -3.44. The largest absolute Gasteiger partial charge is 0.352 e. The Morgan fingerprint density at radius 3 is 2.22 bits per heavy atom. The van der Waals surface area contributed by atoms with Crippen molar-refractivity contribution < 1.29 is 13.2 Å². The quantitative estimate of drug-likeness (QED) is 0.741. The van der Waals surface area contributed by atoms with Crippen LogP contribution in [0.3, 0.4) is 0 Å². The van der Waals surface area contributed by atoms with E-state index in [4.69, 9.17) is 0 Å². The summed E-state index contributed by atoms with van der Waals surface area (Å²) in [5.41, 5.74) is 0.781. The van der Waals surface area contributed by atoms with E-state index in [2.05, 4.69) is 5.32 Å². The molecular formula is C17H26N2O3S.